The minimum atomic E-state index is -0.518. The number of morpholine rings is 1. The molecule has 3 fully saturated rings. The Hall–Kier alpha value is -2.81. The summed E-state index contributed by atoms with van der Waals surface area (Å²) in [4.78, 5) is 43.4. The number of piperidine rings is 2. The monoisotopic (exact) mass is 515 g/mol. The second-order valence-electron chi connectivity index (χ2n) is 11.5. The number of carbonyl (C=O) groups is 3. The quantitative estimate of drug-likeness (QED) is 0.601. The van der Waals surface area contributed by atoms with Crippen molar-refractivity contribution in [1.82, 2.24) is 14.7 Å². The van der Waals surface area contributed by atoms with E-state index in [1.54, 1.807) is 9.80 Å². The maximum absolute atomic E-state index is 13.2. The van der Waals surface area contributed by atoms with Gasteiger partial charge in [-0.05, 0) is 57.9 Å². The van der Waals surface area contributed by atoms with Crippen molar-refractivity contribution in [1.29, 1.82) is 0 Å². The van der Waals surface area contributed by atoms with Gasteiger partial charge in [0, 0.05) is 45.7 Å². The summed E-state index contributed by atoms with van der Waals surface area (Å²) in [6.07, 6.45) is 2.90. The molecule has 9 heteroatoms. The summed E-state index contributed by atoms with van der Waals surface area (Å²) in [5.74, 6) is 0.417. The number of rotatable bonds is 4. The lowest BCUT2D eigenvalue weighted by molar-refractivity contribution is -0.160. The highest BCUT2D eigenvalue weighted by atomic mass is 16.6. The first kappa shape index (κ1) is 27.2. The van der Waals surface area contributed by atoms with Gasteiger partial charge in [-0.1, -0.05) is 30.3 Å². The summed E-state index contributed by atoms with van der Waals surface area (Å²) in [6.45, 7) is 9.91. The first-order valence-corrected chi connectivity index (χ1v) is 13.5. The van der Waals surface area contributed by atoms with Crippen LogP contribution in [-0.4, -0.2) is 89.9 Å². The number of hydrogen-bond donors (Lipinski definition) is 0. The molecule has 0 aliphatic carbocycles. The molecule has 37 heavy (non-hydrogen) atoms. The smallest absolute Gasteiger partial charge is 0.410 e. The molecule has 0 unspecified atom stereocenters. The molecule has 0 radical (unpaired) electrons. The van der Waals surface area contributed by atoms with E-state index in [0.29, 0.717) is 65.1 Å². The van der Waals surface area contributed by atoms with Crippen LogP contribution in [0.5, 0.6) is 0 Å². The van der Waals surface area contributed by atoms with Gasteiger partial charge in [0.05, 0.1) is 12.2 Å². The van der Waals surface area contributed by atoms with Crippen molar-refractivity contribution < 1.29 is 28.6 Å². The van der Waals surface area contributed by atoms with E-state index in [1.165, 1.54) is 0 Å². The maximum Gasteiger partial charge on any atom is 0.410 e. The van der Waals surface area contributed by atoms with Gasteiger partial charge in [0.25, 0.3) is 0 Å². The molecule has 3 saturated heterocycles. The van der Waals surface area contributed by atoms with Crippen LogP contribution in [0.1, 0.15) is 58.4 Å². The Kier molecular flexibility index (Phi) is 8.62. The van der Waals surface area contributed by atoms with Crippen molar-refractivity contribution in [3.8, 4) is 0 Å². The number of likely N-dealkylation sites (tertiary alicyclic amines) is 2. The molecule has 3 heterocycles. The molecule has 0 aromatic heterocycles. The first-order chi connectivity index (χ1) is 17.6. The topological polar surface area (TPSA) is 88.6 Å². The summed E-state index contributed by atoms with van der Waals surface area (Å²) in [5.41, 5.74) is 0.0587. The Bertz CT molecular complexity index is 931. The van der Waals surface area contributed by atoms with E-state index in [9.17, 15) is 14.4 Å². The Morgan fingerprint density at radius 2 is 1.57 bits per heavy atom. The predicted molar refractivity (Wildman–Crippen MR) is 138 cm³/mol. The second kappa shape index (κ2) is 11.7. The lowest BCUT2D eigenvalue weighted by atomic mass is 9.88. The minimum Gasteiger partial charge on any atom is -0.445 e. The molecule has 1 spiro atoms. The van der Waals surface area contributed by atoms with Crippen molar-refractivity contribution >= 4 is 18.1 Å². The van der Waals surface area contributed by atoms with E-state index in [0.717, 1.165) is 18.4 Å². The van der Waals surface area contributed by atoms with E-state index < -0.39 is 11.2 Å². The summed E-state index contributed by atoms with van der Waals surface area (Å²) in [7, 11) is 0. The lowest BCUT2D eigenvalue weighted by Crippen LogP contribution is -2.59. The van der Waals surface area contributed by atoms with Crippen LogP contribution in [0.3, 0.4) is 0 Å². The highest BCUT2D eigenvalue weighted by Crippen LogP contribution is 2.32. The molecule has 3 aliphatic heterocycles. The summed E-state index contributed by atoms with van der Waals surface area (Å²) < 4.78 is 17.1. The van der Waals surface area contributed by atoms with Gasteiger partial charge in [0.1, 0.15) is 12.2 Å². The number of amides is 3. The molecule has 0 N–H and O–H groups in total. The van der Waals surface area contributed by atoms with Crippen molar-refractivity contribution in [2.75, 3.05) is 45.9 Å². The van der Waals surface area contributed by atoms with Gasteiger partial charge in [0.2, 0.25) is 5.91 Å². The number of benzene rings is 1. The van der Waals surface area contributed by atoms with Crippen molar-refractivity contribution in [3.05, 3.63) is 35.9 Å². The average molecular weight is 516 g/mol. The summed E-state index contributed by atoms with van der Waals surface area (Å²) in [6, 6.07) is 9.66. The average Bonchev–Trinajstić information content (AvgIpc) is 2.88. The molecule has 0 atom stereocenters. The standard InChI is InChI=1S/C28H41N3O6/c1-27(2,3)37-26(34)30-15-11-28(12-16-30)21-31(17-18-36-28)24(32)19-22-9-13-29(14-10-22)25(33)35-20-23-7-5-4-6-8-23/h4-8,22H,9-21H2,1-3H3. The van der Waals surface area contributed by atoms with Gasteiger partial charge < -0.3 is 28.9 Å². The Morgan fingerprint density at radius 3 is 2.22 bits per heavy atom. The zero-order valence-electron chi connectivity index (χ0n) is 22.4. The summed E-state index contributed by atoms with van der Waals surface area (Å²) in [5, 5.41) is 0. The molecule has 204 valence electrons. The number of ether oxygens (including phenoxy) is 3. The maximum atomic E-state index is 13.2. The second-order valence-corrected chi connectivity index (χ2v) is 11.5. The molecule has 0 saturated carbocycles. The fraction of sp³-hybridized carbons (Fsp3) is 0.679. The molecular formula is C28H41N3O6. The molecule has 1 aromatic rings. The molecule has 3 aliphatic rings. The third-order valence-electron chi connectivity index (χ3n) is 7.47. The van der Waals surface area contributed by atoms with Crippen molar-refractivity contribution in [2.45, 2.75) is 70.7 Å². The lowest BCUT2D eigenvalue weighted by Gasteiger charge is -2.47. The van der Waals surface area contributed by atoms with Crippen LogP contribution in [-0.2, 0) is 25.6 Å². The Labute approximate surface area is 220 Å². The van der Waals surface area contributed by atoms with Gasteiger partial charge >= 0.3 is 12.2 Å². The highest BCUT2D eigenvalue weighted by molar-refractivity contribution is 5.77. The van der Waals surface area contributed by atoms with Crippen LogP contribution in [0.2, 0.25) is 0 Å². The van der Waals surface area contributed by atoms with Crippen LogP contribution in [0, 0.1) is 5.92 Å². The van der Waals surface area contributed by atoms with Gasteiger partial charge in [-0.15, -0.1) is 0 Å². The fourth-order valence-electron chi connectivity index (χ4n) is 5.29. The van der Waals surface area contributed by atoms with E-state index in [4.69, 9.17) is 14.2 Å². The zero-order chi connectivity index (χ0) is 26.5. The van der Waals surface area contributed by atoms with Crippen LogP contribution < -0.4 is 0 Å². The van der Waals surface area contributed by atoms with Crippen LogP contribution in [0.15, 0.2) is 30.3 Å². The van der Waals surface area contributed by atoms with Gasteiger partial charge in [-0.3, -0.25) is 4.79 Å². The third-order valence-corrected chi connectivity index (χ3v) is 7.47. The van der Waals surface area contributed by atoms with E-state index in [1.807, 2.05) is 56.0 Å². The van der Waals surface area contributed by atoms with Crippen molar-refractivity contribution in [2.24, 2.45) is 5.92 Å². The van der Waals surface area contributed by atoms with Gasteiger partial charge in [-0.2, -0.15) is 0 Å². The normalized spacial score (nSPS) is 20.6. The van der Waals surface area contributed by atoms with Crippen molar-refractivity contribution in [3.63, 3.8) is 0 Å². The molecule has 1 aromatic carbocycles. The zero-order valence-corrected chi connectivity index (χ0v) is 22.4. The largest absolute Gasteiger partial charge is 0.445 e. The third kappa shape index (κ3) is 7.60. The number of nitrogens with zero attached hydrogens (tertiary/aromatic N) is 3. The Morgan fingerprint density at radius 1 is 0.919 bits per heavy atom. The van der Waals surface area contributed by atoms with Gasteiger partial charge in [0.15, 0.2) is 0 Å². The molecule has 3 amide bonds. The van der Waals surface area contributed by atoms with E-state index in [2.05, 4.69) is 0 Å². The first-order valence-electron chi connectivity index (χ1n) is 13.5. The van der Waals surface area contributed by atoms with Crippen LogP contribution in [0.4, 0.5) is 9.59 Å². The summed E-state index contributed by atoms with van der Waals surface area (Å²) >= 11 is 0. The predicted octanol–water partition coefficient (Wildman–Crippen LogP) is 4.05. The SMILES string of the molecule is CC(C)(C)OC(=O)N1CCC2(CC1)CN(C(=O)CC1CCN(C(=O)OCc3ccccc3)CC1)CCO2. The highest BCUT2D eigenvalue weighted by Gasteiger charge is 2.42. The van der Waals surface area contributed by atoms with Crippen LogP contribution in [0.25, 0.3) is 0 Å². The fourth-order valence-corrected chi connectivity index (χ4v) is 5.29. The van der Waals surface area contributed by atoms with Crippen LogP contribution >= 0.6 is 0 Å². The van der Waals surface area contributed by atoms with Gasteiger partial charge in [-0.25, -0.2) is 9.59 Å². The molecule has 0 bridgehead atoms. The number of carbonyl (C=O) groups excluding carboxylic acids is 3. The number of hydrogen-bond acceptors (Lipinski definition) is 6. The molecule has 9 nitrogen and oxygen atoms in total. The van der Waals surface area contributed by atoms with E-state index in [-0.39, 0.29) is 30.6 Å². The minimum absolute atomic E-state index is 0.155. The Balaban J connectivity index is 1.19. The van der Waals surface area contributed by atoms with E-state index >= 15 is 0 Å². The molecular weight excluding hydrogens is 474 g/mol. The molecule has 4 rings (SSSR count).